The Kier molecular flexibility index (Phi) is 3.14. The highest BCUT2D eigenvalue weighted by Gasteiger charge is 2.46. The van der Waals surface area contributed by atoms with Crippen LogP contribution < -0.4 is 0 Å². The minimum Gasteiger partial charge on any atom is -0.339 e. The van der Waals surface area contributed by atoms with E-state index in [1.165, 1.54) is 6.42 Å². The molecule has 21 heavy (non-hydrogen) atoms. The number of hydrogen-bond acceptors (Lipinski definition) is 3. The second-order valence-corrected chi connectivity index (χ2v) is 7.04. The molecule has 1 unspecified atom stereocenters. The van der Waals surface area contributed by atoms with Crippen molar-refractivity contribution >= 4 is 23.4 Å². The number of carbonyl (C=O) groups is 1. The smallest absolute Gasteiger partial charge is 0.250 e. The molecular weight excluding hydrogens is 280 g/mol. The van der Waals surface area contributed by atoms with Gasteiger partial charge in [-0.15, -0.1) is 11.8 Å². The third-order valence-electron chi connectivity index (χ3n) is 4.60. The van der Waals surface area contributed by atoms with Gasteiger partial charge in [0.05, 0.1) is 5.71 Å². The van der Waals surface area contributed by atoms with Gasteiger partial charge in [0, 0.05) is 30.6 Å². The van der Waals surface area contributed by atoms with E-state index in [1.807, 2.05) is 35.0 Å². The lowest BCUT2D eigenvalue weighted by atomic mass is 9.85. The Morgan fingerprint density at radius 2 is 2.05 bits per heavy atom. The fraction of sp³-hybridized carbons (Fsp3) is 0.412. The number of hydrogen-bond donors (Lipinski definition) is 0. The van der Waals surface area contributed by atoms with Gasteiger partial charge in [-0.2, -0.15) is 0 Å². The van der Waals surface area contributed by atoms with Crippen molar-refractivity contribution in [3.63, 3.8) is 0 Å². The Bertz CT molecular complexity index is 635. The highest BCUT2D eigenvalue weighted by atomic mass is 32.2. The van der Waals surface area contributed by atoms with Crippen LogP contribution in [0.1, 0.15) is 19.3 Å². The van der Waals surface area contributed by atoms with Gasteiger partial charge in [0.1, 0.15) is 4.75 Å². The average molecular weight is 298 g/mol. The van der Waals surface area contributed by atoms with Gasteiger partial charge in [0.15, 0.2) is 0 Å². The molecule has 4 rings (SSSR count). The van der Waals surface area contributed by atoms with E-state index in [0.29, 0.717) is 0 Å². The first kappa shape index (κ1) is 13.1. The Morgan fingerprint density at radius 1 is 1.19 bits per heavy atom. The van der Waals surface area contributed by atoms with Crippen LogP contribution >= 0.6 is 11.8 Å². The fourth-order valence-corrected chi connectivity index (χ4v) is 4.92. The first-order chi connectivity index (χ1) is 10.3. The quantitative estimate of drug-likeness (QED) is 0.745. The van der Waals surface area contributed by atoms with Crippen LogP contribution in [0.25, 0.3) is 0 Å². The molecule has 3 heterocycles. The number of thioether (sulfide) groups is 1. The summed E-state index contributed by atoms with van der Waals surface area (Å²) in [6.45, 7) is 1.82. The second kappa shape index (κ2) is 5.02. The third kappa shape index (κ3) is 1.96. The van der Waals surface area contributed by atoms with Crippen molar-refractivity contribution in [2.45, 2.75) is 24.0 Å². The van der Waals surface area contributed by atoms with Crippen LogP contribution in [0.3, 0.4) is 0 Å². The molecule has 1 amide bonds. The summed E-state index contributed by atoms with van der Waals surface area (Å²) in [5.41, 5.74) is 3.17. The van der Waals surface area contributed by atoms with E-state index in [2.05, 4.69) is 23.2 Å². The summed E-state index contributed by atoms with van der Waals surface area (Å²) in [7, 11) is 0. The van der Waals surface area contributed by atoms with Gasteiger partial charge in [-0.1, -0.05) is 18.2 Å². The maximum Gasteiger partial charge on any atom is 0.250 e. The normalized spacial score (nSPS) is 30.3. The topological polar surface area (TPSA) is 32.7 Å². The Balaban J connectivity index is 1.72. The predicted molar refractivity (Wildman–Crippen MR) is 87.5 cm³/mol. The lowest BCUT2D eigenvalue weighted by Gasteiger charge is -2.31. The lowest BCUT2D eigenvalue weighted by molar-refractivity contribution is -0.127. The van der Waals surface area contributed by atoms with Crippen LogP contribution in [0.4, 0.5) is 0 Å². The van der Waals surface area contributed by atoms with E-state index < -0.39 is 0 Å². The van der Waals surface area contributed by atoms with Gasteiger partial charge in [0.25, 0.3) is 5.91 Å². The van der Waals surface area contributed by atoms with Crippen LogP contribution in [0.15, 0.2) is 52.7 Å². The van der Waals surface area contributed by atoms with Gasteiger partial charge < -0.3 is 4.90 Å². The minimum absolute atomic E-state index is 0.218. The van der Waals surface area contributed by atoms with E-state index in [4.69, 9.17) is 0 Å². The molecule has 1 fully saturated rings. The number of rotatable bonds is 1. The Hall–Kier alpha value is -1.55. The summed E-state index contributed by atoms with van der Waals surface area (Å²) < 4.78 is -0.218. The monoisotopic (exact) mass is 298 g/mol. The first-order valence-electron chi connectivity index (χ1n) is 7.59. The maximum absolute atomic E-state index is 12.9. The molecule has 4 heteroatoms. The van der Waals surface area contributed by atoms with Crippen molar-refractivity contribution in [1.29, 1.82) is 0 Å². The number of likely N-dealkylation sites (tertiary alicyclic amines) is 1. The SMILES string of the molecule is O=C(C1=C2C=CN=C3C=CC=CC32SC1)N1CCCCC1. The molecule has 4 aliphatic rings. The lowest BCUT2D eigenvalue weighted by Crippen LogP contribution is -2.38. The largest absolute Gasteiger partial charge is 0.339 e. The fourth-order valence-electron chi connectivity index (χ4n) is 3.48. The van der Waals surface area contributed by atoms with Crippen LogP contribution in [0, 0.1) is 0 Å². The van der Waals surface area contributed by atoms with Gasteiger partial charge in [0.2, 0.25) is 0 Å². The molecule has 1 aliphatic carbocycles. The van der Waals surface area contributed by atoms with Crippen LogP contribution in [0.5, 0.6) is 0 Å². The molecule has 0 radical (unpaired) electrons. The molecule has 0 aromatic rings. The summed E-state index contributed by atoms with van der Waals surface area (Å²) in [5, 5.41) is 0. The average Bonchev–Trinajstić information content (AvgIpc) is 2.93. The summed E-state index contributed by atoms with van der Waals surface area (Å²) in [4.78, 5) is 19.4. The van der Waals surface area contributed by atoms with Crippen molar-refractivity contribution < 1.29 is 4.79 Å². The van der Waals surface area contributed by atoms with Crippen molar-refractivity contribution in [1.82, 2.24) is 4.90 Å². The van der Waals surface area contributed by atoms with E-state index in [0.717, 1.165) is 48.5 Å². The minimum atomic E-state index is -0.218. The molecule has 3 nitrogen and oxygen atoms in total. The Labute approximate surface area is 129 Å². The van der Waals surface area contributed by atoms with Gasteiger partial charge in [-0.3, -0.25) is 9.79 Å². The first-order valence-corrected chi connectivity index (χ1v) is 8.57. The van der Waals surface area contributed by atoms with Crippen LogP contribution in [-0.4, -0.2) is 40.1 Å². The number of piperidine rings is 1. The zero-order chi connectivity index (χ0) is 14.3. The third-order valence-corrected chi connectivity index (χ3v) is 6.06. The zero-order valence-electron chi connectivity index (χ0n) is 11.9. The molecule has 0 aromatic carbocycles. The molecule has 1 saturated heterocycles. The summed E-state index contributed by atoms with van der Waals surface area (Å²) in [5.74, 6) is 1.02. The summed E-state index contributed by atoms with van der Waals surface area (Å²) >= 11 is 1.82. The van der Waals surface area contributed by atoms with Crippen molar-refractivity contribution in [3.8, 4) is 0 Å². The van der Waals surface area contributed by atoms with E-state index in [-0.39, 0.29) is 10.7 Å². The van der Waals surface area contributed by atoms with Gasteiger partial charge in [-0.25, -0.2) is 0 Å². The Morgan fingerprint density at radius 3 is 2.90 bits per heavy atom. The molecule has 3 aliphatic heterocycles. The number of allylic oxidation sites excluding steroid dienone is 4. The van der Waals surface area contributed by atoms with E-state index in [1.54, 1.807) is 0 Å². The number of aliphatic imine (C=N–C) groups is 1. The van der Waals surface area contributed by atoms with Gasteiger partial charge in [-0.05, 0) is 37.0 Å². The molecule has 0 bridgehead atoms. The highest BCUT2D eigenvalue weighted by Crippen LogP contribution is 2.48. The van der Waals surface area contributed by atoms with Crippen LogP contribution in [-0.2, 0) is 4.79 Å². The summed E-state index contributed by atoms with van der Waals surface area (Å²) in [6.07, 6.45) is 15.7. The second-order valence-electron chi connectivity index (χ2n) is 5.82. The maximum atomic E-state index is 12.9. The molecule has 1 spiro atoms. The van der Waals surface area contributed by atoms with Crippen molar-refractivity contribution in [2.75, 3.05) is 18.8 Å². The van der Waals surface area contributed by atoms with Crippen LogP contribution in [0.2, 0.25) is 0 Å². The van der Waals surface area contributed by atoms with Gasteiger partial charge >= 0.3 is 0 Å². The number of amides is 1. The molecule has 108 valence electrons. The van der Waals surface area contributed by atoms with Crippen molar-refractivity contribution in [2.24, 2.45) is 4.99 Å². The summed E-state index contributed by atoms with van der Waals surface area (Å²) in [6, 6.07) is 0. The zero-order valence-corrected chi connectivity index (χ0v) is 12.7. The molecule has 1 atom stereocenters. The molecule has 0 saturated carbocycles. The highest BCUT2D eigenvalue weighted by molar-refractivity contribution is 8.02. The standard InChI is InChI=1S/C17H18N2OS/c20-16(19-10-4-1-5-11-19)13-12-21-17-8-3-2-6-15(17)18-9-7-14(13)17/h2-3,6-9H,1,4-5,10-12H2. The van der Waals surface area contributed by atoms with E-state index >= 15 is 0 Å². The van der Waals surface area contributed by atoms with Crippen molar-refractivity contribution in [3.05, 3.63) is 47.7 Å². The van der Waals surface area contributed by atoms with E-state index in [9.17, 15) is 4.79 Å². The molecular formula is C17H18N2OS. The number of carbonyl (C=O) groups excluding carboxylic acids is 1. The molecule has 0 N–H and O–H groups in total. The predicted octanol–water partition coefficient (Wildman–Crippen LogP) is 2.88. The number of nitrogens with zero attached hydrogens (tertiary/aromatic N) is 2. The molecule has 0 aromatic heterocycles.